The van der Waals surface area contributed by atoms with Crippen LogP contribution in [-0.4, -0.2) is 31.9 Å². The molecule has 0 unspecified atom stereocenters. The molecule has 6 nitrogen and oxygen atoms in total. The molecule has 27 heavy (non-hydrogen) atoms. The molecule has 0 radical (unpaired) electrons. The summed E-state index contributed by atoms with van der Waals surface area (Å²) < 4.78 is 10.7. The molecular formula is C19H20Cl2N2O4. The molecule has 0 aliphatic rings. The first-order valence-electron chi connectivity index (χ1n) is 8.20. The van der Waals surface area contributed by atoms with Gasteiger partial charge in [0, 0.05) is 10.6 Å². The zero-order chi connectivity index (χ0) is 19.8. The molecular weight excluding hydrogens is 391 g/mol. The Hall–Kier alpha value is -2.44. The van der Waals surface area contributed by atoms with E-state index < -0.39 is 12.0 Å². The second-order valence-corrected chi connectivity index (χ2v) is 6.28. The van der Waals surface area contributed by atoms with Crippen LogP contribution in [-0.2, 0) is 9.63 Å². The van der Waals surface area contributed by atoms with Crippen LogP contribution in [0.3, 0.4) is 0 Å². The van der Waals surface area contributed by atoms with Crippen molar-refractivity contribution in [2.24, 2.45) is 5.16 Å². The minimum Gasteiger partial charge on any atom is -0.493 e. The van der Waals surface area contributed by atoms with E-state index in [-0.39, 0.29) is 0 Å². The molecule has 0 saturated carbocycles. The van der Waals surface area contributed by atoms with E-state index in [1.165, 1.54) is 6.21 Å². The summed E-state index contributed by atoms with van der Waals surface area (Å²) in [6, 6.07) is 10.1. The monoisotopic (exact) mass is 410 g/mol. The number of carbonyl (C=O) groups excluding carboxylic acids is 1. The smallest absolute Gasteiger partial charge is 0.268 e. The Balaban J connectivity index is 1.96. The highest BCUT2D eigenvalue weighted by atomic mass is 35.5. The minimum atomic E-state index is -0.833. The number of carbonyl (C=O) groups is 1. The fourth-order valence-electron chi connectivity index (χ4n) is 2.10. The Bertz CT molecular complexity index is 827. The van der Waals surface area contributed by atoms with Gasteiger partial charge in [0.05, 0.1) is 30.6 Å². The Morgan fingerprint density at radius 3 is 2.70 bits per heavy atom. The fraction of sp³-hybridized carbons (Fsp3) is 0.263. The normalized spacial score (nSPS) is 11.9. The second-order valence-electron chi connectivity index (χ2n) is 5.44. The Labute approximate surface area is 168 Å². The van der Waals surface area contributed by atoms with E-state index in [1.54, 1.807) is 50.4 Å². The summed E-state index contributed by atoms with van der Waals surface area (Å²) in [7, 11) is 1.56. The Kier molecular flexibility index (Phi) is 7.76. The number of halogens is 2. The first-order chi connectivity index (χ1) is 12.9. The molecule has 0 aromatic heterocycles. The molecule has 0 saturated heterocycles. The molecule has 144 valence electrons. The van der Waals surface area contributed by atoms with E-state index in [4.69, 9.17) is 37.5 Å². The van der Waals surface area contributed by atoms with E-state index in [0.717, 1.165) is 5.56 Å². The summed E-state index contributed by atoms with van der Waals surface area (Å²) in [5, 5.41) is 7.35. The minimum absolute atomic E-state index is 0.380. The summed E-state index contributed by atoms with van der Waals surface area (Å²) >= 11 is 11.9. The highest BCUT2D eigenvalue weighted by molar-refractivity contribution is 6.35. The van der Waals surface area contributed by atoms with Crippen molar-refractivity contribution in [3.63, 3.8) is 0 Å². The van der Waals surface area contributed by atoms with Crippen LogP contribution in [0, 0.1) is 0 Å². The van der Waals surface area contributed by atoms with Crippen molar-refractivity contribution in [3.05, 3.63) is 52.0 Å². The van der Waals surface area contributed by atoms with Crippen LogP contribution in [0.1, 0.15) is 19.4 Å². The molecule has 1 atom stereocenters. The topological polar surface area (TPSA) is 69.2 Å². The standard InChI is InChI=1S/C19H20Cl2N2O4/c1-4-26-17-8-5-13(9-18(17)25-3)11-22-27-12(2)19(24)23-16-10-14(20)6-7-15(16)21/h5-12H,4H2,1-3H3,(H,23,24)/b22-11-/t12-/m1/s1. The van der Waals surface area contributed by atoms with Crippen molar-refractivity contribution in [1.29, 1.82) is 0 Å². The first-order valence-corrected chi connectivity index (χ1v) is 8.96. The quantitative estimate of drug-likeness (QED) is 0.502. The summed E-state index contributed by atoms with van der Waals surface area (Å²) in [4.78, 5) is 17.4. The molecule has 1 amide bonds. The van der Waals surface area contributed by atoms with E-state index in [1.807, 2.05) is 6.92 Å². The molecule has 0 aliphatic carbocycles. The summed E-state index contributed by atoms with van der Waals surface area (Å²) in [5.41, 5.74) is 1.14. The van der Waals surface area contributed by atoms with Gasteiger partial charge in [-0.2, -0.15) is 0 Å². The summed E-state index contributed by atoms with van der Waals surface area (Å²) in [6.45, 7) is 4.01. The number of methoxy groups -OCH3 is 1. The van der Waals surface area contributed by atoms with Crippen molar-refractivity contribution >= 4 is 41.0 Å². The number of amides is 1. The van der Waals surface area contributed by atoms with Crippen LogP contribution in [0.25, 0.3) is 0 Å². The van der Waals surface area contributed by atoms with E-state index in [0.29, 0.717) is 33.8 Å². The molecule has 1 N–H and O–H groups in total. The lowest BCUT2D eigenvalue weighted by atomic mass is 10.2. The zero-order valence-corrected chi connectivity index (χ0v) is 16.7. The summed E-state index contributed by atoms with van der Waals surface area (Å²) in [6.07, 6.45) is 0.648. The number of rotatable bonds is 8. The average molecular weight is 411 g/mol. The molecule has 2 aromatic carbocycles. The molecule has 0 bridgehead atoms. The van der Waals surface area contributed by atoms with Crippen LogP contribution in [0.2, 0.25) is 10.0 Å². The molecule has 0 heterocycles. The largest absolute Gasteiger partial charge is 0.493 e. The number of benzene rings is 2. The van der Waals surface area contributed by atoms with Gasteiger partial charge in [0.25, 0.3) is 5.91 Å². The molecule has 0 aliphatic heterocycles. The molecule has 0 spiro atoms. The third-order valence-electron chi connectivity index (χ3n) is 3.46. The number of nitrogens with zero attached hydrogens (tertiary/aromatic N) is 1. The van der Waals surface area contributed by atoms with Gasteiger partial charge in [-0.1, -0.05) is 28.4 Å². The van der Waals surface area contributed by atoms with Crippen LogP contribution in [0.4, 0.5) is 5.69 Å². The predicted molar refractivity (Wildman–Crippen MR) is 107 cm³/mol. The fourth-order valence-corrected chi connectivity index (χ4v) is 2.43. The van der Waals surface area contributed by atoms with Crippen molar-refractivity contribution in [1.82, 2.24) is 0 Å². The van der Waals surface area contributed by atoms with Crippen LogP contribution in [0.15, 0.2) is 41.6 Å². The third kappa shape index (κ3) is 6.05. The average Bonchev–Trinajstić information content (AvgIpc) is 2.65. The number of oxime groups is 1. The molecule has 0 fully saturated rings. The third-order valence-corrected chi connectivity index (χ3v) is 4.03. The van der Waals surface area contributed by atoms with Gasteiger partial charge >= 0.3 is 0 Å². The molecule has 8 heteroatoms. The maximum Gasteiger partial charge on any atom is 0.268 e. The number of nitrogens with one attached hydrogen (secondary N) is 1. The van der Waals surface area contributed by atoms with Crippen LogP contribution in [0.5, 0.6) is 11.5 Å². The summed E-state index contributed by atoms with van der Waals surface area (Å²) in [5.74, 6) is 0.826. The van der Waals surface area contributed by atoms with Gasteiger partial charge in [0.15, 0.2) is 11.5 Å². The van der Waals surface area contributed by atoms with Gasteiger partial charge in [0.1, 0.15) is 0 Å². The Morgan fingerprint density at radius 1 is 1.22 bits per heavy atom. The lowest BCUT2D eigenvalue weighted by Crippen LogP contribution is -2.26. The van der Waals surface area contributed by atoms with Gasteiger partial charge in [-0.05, 0) is 50.2 Å². The lowest BCUT2D eigenvalue weighted by Gasteiger charge is -2.12. The maximum atomic E-state index is 12.2. The zero-order valence-electron chi connectivity index (χ0n) is 15.2. The molecule has 2 rings (SSSR count). The molecule has 2 aromatic rings. The highest BCUT2D eigenvalue weighted by Crippen LogP contribution is 2.27. The van der Waals surface area contributed by atoms with E-state index in [2.05, 4.69) is 10.5 Å². The Morgan fingerprint density at radius 2 is 2.00 bits per heavy atom. The van der Waals surface area contributed by atoms with Crippen molar-refractivity contribution in [3.8, 4) is 11.5 Å². The van der Waals surface area contributed by atoms with Crippen LogP contribution >= 0.6 is 23.2 Å². The van der Waals surface area contributed by atoms with Crippen LogP contribution < -0.4 is 14.8 Å². The van der Waals surface area contributed by atoms with Gasteiger partial charge in [-0.3, -0.25) is 4.79 Å². The lowest BCUT2D eigenvalue weighted by molar-refractivity contribution is -0.126. The highest BCUT2D eigenvalue weighted by Gasteiger charge is 2.16. The SMILES string of the molecule is CCOc1ccc(/C=N\O[C@H](C)C(=O)Nc2cc(Cl)ccc2Cl)cc1OC. The van der Waals surface area contributed by atoms with E-state index in [9.17, 15) is 4.79 Å². The number of hydrogen-bond acceptors (Lipinski definition) is 5. The van der Waals surface area contributed by atoms with Gasteiger partial charge < -0.3 is 19.6 Å². The van der Waals surface area contributed by atoms with E-state index >= 15 is 0 Å². The van der Waals surface area contributed by atoms with Crippen molar-refractivity contribution in [2.45, 2.75) is 20.0 Å². The first kappa shape index (κ1) is 20.9. The van der Waals surface area contributed by atoms with Crippen molar-refractivity contribution in [2.75, 3.05) is 19.0 Å². The van der Waals surface area contributed by atoms with Gasteiger partial charge in [0.2, 0.25) is 6.10 Å². The number of hydrogen-bond donors (Lipinski definition) is 1. The predicted octanol–water partition coefficient (Wildman–Crippen LogP) is 4.78. The maximum absolute atomic E-state index is 12.2. The van der Waals surface area contributed by atoms with Gasteiger partial charge in [-0.25, -0.2) is 0 Å². The second kappa shape index (κ2) is 10.0. The van der Waals surface area contributed by atoms with Gasteiger partial charge in [-0.15, -0.1) is 0 Å². The van der Waals surface area contributed by atoms with Crippen molar-refractivity contribution < 1.29 is 19.1 Å². The number of anilines is 1. The number of ether oxygens (including phenoxy) is 2.